The summed E-state index contributed by atoms with van der Waals surface area (Å²) >= 11 is 2.12. The molecule has 1 aromatic rings. The molecule has 1 aromatic carbocycles. The summed E-state index contributed by atoms with van der Waals surface area (Å²) in [5, 5.41) is 3.70. The van der Waals surface area contributed by atoms with Crippen molar-refractivity contribution in [1.82, 2.24) is 5.32 Å². The number of thioether (sulfide) groups is 1. The standard InChI is InChI=1S/C17H27NS/c1-4-18-17(12-15-7-9-19-10-8-15)16-6-5-13(2)11-14(16)3/h5-6,11,15,17-18H,4,7-10,12H2,1-3H3. The van der Waals surface area contributed by atoms with Crippen molar-refractivity contribution in [3.8, 4) is 0 Å². The van der Waals surface area contributed by atoms with Crippen LogP contribution in [0.25, 0.3) is 0 Å². The third kappa shape index (κ3) is 4.25. The molecule has 1 aliphatic heterocycles. The maximum absolute atomic E-state index is 3.70. The molecule has 0 bridgehead atoms. The highest BCUT2D eigenvalue weighted by molar-refractivity contribution is 7.99. The van der Waals surface area contributed by atoms with Gasteiger partial charge in [-0.2, -0.15) is 11.8 Å². The Morgan fingerprint density at radius 2 is 2.00 bits per heavy atom. The topological polar surface area (TPSA) is 12.0 Å². The van der Waals surface area contributed by atoms with Crippen molar-refractivity contribution < 1.29 is 0 Å². The van der Waals surface area contributed by atoms with E-state index in [2.05, 4.69) is 56.0 Å². The lowest BCUT2D eigenvalue weighted by Gasteiger charge is -2.28. The molecule has 2 heteroatoms. The minimum Gasteiger partial charge on any atom is -0.310 e. The van der Waals surface area contributed by atoms with Crippen molar-refractivity contribution >= 4 is 11.8 Å². The monoisotopic (exact) mass is 277 g/mol. The van der Waals surface area contributed by atoms with Crippen LogP contribution >= 0.6 is 11.8 Å². The maximum atomic E-state index is 3.70. The molecule has 1 aliphatic rings. The fraction of sp³-hybridized carbons (Fsp3) is 0.647. The summed E-state index contributed by atoms with van der Waals surface area (Å²) in [5.41, 5.74) is 4.31. The van der Waals surface area contributed by atoms with Crippen LogP contribution in [0.4, 0.5) is 0 Å². The second kappa shape index (κ2) is 7.35. The summed E-state index contributed by atoms with van der Waals surface area (Å²) < 4.78 is 0. The van der Waals surface area contributed by atoms with E-state index in [0.29, 0.717) is 6.04 Å². The van der Waals surface area contributed by atoms with Gasteiger partial charge in [-0.25, -0.2) is 0 Å². The van der Waals surface area contributed by atoms with Crippen LogP contribution in [0.5, 0.6) is 0 Å². The van der Waals surface area contributed by atoms with Gasteiger partial charge in [0.25, 0.3) is 0 Å². The van der Waals surface area contributed by atoms with Crippen molar-refractivity contribution in [3.05, 3.63) is 34.9 Å². The zero-order chi connectivity index (χ0) is 13.7. The molecular weight excluding hydrogens is 250 g/mol. The van der Waals surface area contributed by atoms with Crippen LogP contribution < -0.4 is 5.32 Å². The molecule has 1 nitrogen and oxygen atoms in total. The molecule has 0 saturated carbocycles. The van der Waals surface area contributed by atoms with E-state index in [1.54, 1.807) is 0 Å². The van der Waals surface area contributed by atoms with Gasteiger partial charge in [0.1, 0.15) is 0 Å². The zero-order valence-corrected chi connectivity index (χ0v) is 13.4. The van der Waals surface area contributed by atoms with Crippen LogP contribution in [0.15, 0.2) is 18.2 Å². The molecule has 1 unspecified atom stereocenters. The van der Waals surface area contributed by atoms with E-state index in [0.717, 1.165) is 12.5 Å². The Morgan fingerprint density at radius 3 is 2.63 bits per heavy atom. The molecule has 1 fully saturated rings. The lowest BCUT2D eigenvalue weighted by molar-refractivity contribution is 0.373. The number of hydrogen-bond acceptors (Lipinski definition) is 2. The second-order valence-corrected chi connectivity index (χ2v) is 6.99. The molecule has 0 spiro atoms. The predicted molar refractivity (Wildman–Crippen MR) is 87.0 cm³/mol. The molecule has 1 atom stereocenters. The van der Waals surface area contributed by atoms with E-state index in [-0.39, 0.29) is 0 Å². The van der Waals surface area contributed by atoms with E-state index in [4.69, 9.17) is 0 Å². The first-order valence-corrected chi connectivity index (χ1v) is 8.74. The molecule has 0 amide bonds. The first kappa shape index (κ1) is 14.9. The van der Waals surface area contributed by atoms with Crippen molar-refractivity contribution in [2.45, 2.75) is 46.1 Å². The van der Waals surface area contributed by atoms with Gasteiger partial charge < -0.3 is 5.32 Å². The van der Waals surface area contributed by atoms with Crippen molar-refractivity contribution in [2.24, 2.45) is 5.92 Å². The van der Waals surface area contributed by atoms with Crippen LogP contribution in [0.1, 0.15) is 48.9 Å². The smallest absolute Gasteiger partial charge is 0.0325 e. The Labute approximate surface area is 122 Å². The SMILES string of the molecule is CCNC(CC1CCSCC1)c1ccc(C)cc1C. The normalized spacial score (nSPS) is 18.5. The van der Waals surface area contributed by atoms with Gasteiger partial charge in [0, 0.05) is 6.04 Å². The summed E-state index contributed by atoms with van der Waals surface area (Å²) in [6.07, 6.45) is 4.10. The highest BCUT2D eigenvalue weighted by atomic mass is 32.2. The minimum absolute atomic E-state index is 0.540. The molecule has 1 N–H and O–H groups in total. The first-order chi connectivity index (χ1) is 9.20. The van der Waals surface area contributed by atoms with E-state index in [1.165, 1.54) is 47.5 Å². The minimum atomic E-state index is 0.540. The molecule has 1 heterocycles. The Balaban J connectivity index is 2.09. The van der Waals surface area contributed by atoms with Gasteiger partial charge in [0.2, 0.25) is 0 Å². The fourth-order valence-corrected chi connectivity index (χ4v) is 4.30. The maximum Gasteiger partial charge on any atom is 0.0325 e. The molecule has 0 radical (unpaired) electrons. The van der Waals surface area contributed by atoms with Crippen LogP contribution in [-0.4, -0.2) is 18.1 Å². The molecule has 0 aliphatic carbocycles. The van der Waals surface area contributed by atoms with Crippen molar-refractivity contribution in [3.63, 3.8) is 0 Å². The lowest BCUT2D eigenvalue weighted by Crippen LogP contribution is -2.25. The average Bonchev–Trinajstić information content (AvgIpc) is 2.39. The quantitative estimate of drug-likeness (QED) is 0.851. The van der Waals surface area contributed by atoms with E-state index >= 15 is 0 Å². The van der Waals surface area contributed by atoms with Gasteiger partial charge in [-0.1, -0.05) is 30.7 Å². The first-order valence-electron chi connectivity index (χ1n) is 7.59. The molecular formula is C17H27NS. The van der Waals surface area contributed by atoms with Crippen molar-refractivity contribution in [1.29, 1.82) is 0 Å². The van der Waals surface area contributed by atoms with Gasteiger partial charge in [-0.15, -0.1) is 0 Å². The van der Waals surface area contributed by atoms with Gasteiger partial charge in [-0.05, 0) is 68.2 Å². The van der Waals surface area contributed by atoms with E-state index < -0.39 is 0 Å². The Kier molecular flexibility index (Phi) is 5.77. The fourth-order valence-electron chi connectivity index (χ4n) is 3.10. The summed E-state index contributed by atoms with van der Waals surface area (Å²) in [7, 11) is 0. The zero-order valence-electron chi connectivity index (χ0n) is 12.5. The van der Waals surface area contributed by atoms with Crippen LogP contribution in [0, 0.1) is 19.8 Å². The number of nitrogens with one attached hydrogen (secondary N) is 1. The predicted octanol–water partition coefficient (Wildman–Crippen LogP) is 4.49. The van der Waals surface area contributed by atoms with Crippen LogP contribution in [0.2, 0.25) is 0 Å². The molecule has 1 saturated heterocycles. The van der Waals surface area contributed by atoms with Crippen LogP contribution in [-0.2, 0) is 0 Å². The summed E-state index contributed by atoms with van der Waals surface area (Å²) in [4.78, 5) is 0. The summed E-state index contributed by atoms with van der Waals surface area (Å²) in [5.74, 6) is 3.62. The van der Waals surface area contributed by atoms with Crippen molar-refractivity contribution in [2.75, 3.05) is 18.1 Å². The molecule has 2 rings (SSSR count). The molecule has 106 valence electrons. The average molecular weight is 277 g/mol. The highest BCUT2D eigenvalue weighted by Crippen LogP contribution is 2.32. The number of aryl methyl sites for hydroxylation is 2. The number of benzene rings is 1. The second-order valence-electron chi connectivity index (χ2n) is 5.76. The number of hydrogen-bond donors (Lipinski definition) is 1. The third-order valence-electron chi connectivity index (χ3n) is 4.16. The lowest BCUT2D eigenvalue weighted by atomic mass is 9.88. The summed E-state index contributed by atoms with van der Waals surface area (Å²) in [6, 6.07) is 7.44. The Bertz CT molecular complexity index is 396. The Morgan fingerprint density at radius 1 is 1.26 bits per heavy atom. The molecule has 19 heavy (non-hydrogen) atoms. The van der Waals surface area contributed by atoms with E-state index in [9.17, 15) is 0 Å². The number of rotatable bonds is 5. The van der Waals surface area contributed by atoms with Gasteiger partial charge in [0.15, 0.2) is 0 Å². The van der Waals surface area contributed by atoms with Gasteiger partial charge in [0.05, 0.1) is 0 Å². The summed E-state index contributed by atoms with van der Waals surface area (Å²) in [6.45, 7) is 7.70. The van der Waals surface area contributed by atoms with Gasteiger partial charge in [-0.3, -0.25) is 0 Å². The Hall–Kier alpha value is -0.470. The highest BCUT2D eigenvalue weighted by Gasteiger charge is 2.20. The third-order valence-corrected chi connectivity index (χ3v) is 5.21. The van der Waals surface area contributed by atoms with Gasteiger partial charge >= 0.3 is 0 Å². The molecule has 0 aromatic heterocycles. The van der Waals surface area contributed by atoms with Crippen LogP contribution in [0.3, 0.4) is 0 Å². The van der Waals surface area contributed by atoms with E-state index in [1.807, 2.05) is 0 Å². The largest absolute Gasteiger partial charge is 0.310 e.